The molecule has 0 saturated carbocycles. The number of hydrogen-bond donors (Lipinski definition) is 3. The van der Waals surface area contributed by atoms with Gasteiger partial charge in [0, 0.05) is 6.54 Å². The third-order valence-electron chi connectivity index (χ3n) is 2.43. The van der Waals surface area contributed by atoms with Crippen molar-refractivity contribution in [1.82, 2.24) is 16.0 Å². The Balaban J connectivity index is 2.42. The Morgan fingerprint density at radius 1 is 1.64 bits per heavy atom. The smallest absolute Gasteiger partial charge is 0.242 e. The van der Waals surface area contributed by atoms with Gasteiger partial charge in [0.15, 0.2) is 0 Å². The Labute approximate surface area is 83.6 Å². The molecule has 1 aliphatic rings. The van der Waals surface area contributed by atoms with E-state index in [-0.39, 0.29) is 23.9 Å². The van der Waals surface area contributed by atoms with Gasteiger partial charge in [-0.05, 0) is 26.8 Å². The molecular weight excluding hydrogens is 182 g/mol. The number of likely N-dealkylation sites (N-methyl/N-ethyl adjacent to an activating group) is 1. The largest absolute Gasteiger partial charge is 0.354 e. The minimum atomic E-state index is -0.355. The first-order chi connectivity index (χ1) is 6.65. The van der Waals surface area contributed by atoms with Crippen molar-refractivity contribution in [2.45, 2.75) is 31.8 Å². The van der Waals surface area contributed by atoms with Crippen LogP contribution in [0.5, 0.6) is 0 Å². The first-order valence-electron chi connectivity index (χ1n) is 4.90. The number of hydrogen-bond acceptors (Lipinski definition) is 3. The summed E-state index contributed by atoms with van der Waals surface area (Å²) >= 11 is 0. The minimum Gasteiger partial charge on any atom is -0.354 e. The fraction of sp³-hybridized carbons (Fsp3) is 0.778. The third kappa shape index (κ3) is 2.70. The zero-order valence-electron chi connectivity index (χ0n) is 8.59. The molecule has 1 unspecified atom stereocenters. The van der Waals surface area contributed by atoms with Gasteiger partial charge in [0.25, 0.3) is 0 Å². The van der Waals surface area contributed by atoms with Gasteiger partial charge in [0.2, 0.25) is 11.8 Å². The summed E-state index contributed by atoms with van der Waals surface area (Å²) in [5.74, 6) is -0.206. The lowest BCUT2D eigenvalue weighted by Gasteiger charge is -2.24. The average molecular weight is 199 g/mol. The van der Waals surface area contributed by atoms with E-state index in [9.17, 15) is 9.59 Å². The molecule has 5 nitrogen and oxygen atoms in total. The van der Waals surface area contributed by atoms with E-state index < -0.39 is 0 Å². The second-order valence-electron chi connectivity index (χ2n) is 3.50. The molecule has 1 fully saturated rings. The van der Waals surface area contributed by atoms with Crippen LogP contribution in [0.15, 0.2) is 0 Å². The van der Waals surface area contributed by atoms with Crippen LogP contribution in [0.2, 0.25) is 0 Å². The number of amides is 2. The van der Waals surface area contributed by atoms with Crippen molar-refractivity contribution in [3.63, 3.8) is 0 Å². The zero-order chi connectivity index (χ0) is 10.6. The maximum atomic E-state index is 11.4. The normalized spacial score (nSPS) is 23.9. The molecule has 14 heavy (non-hydrogen) atoms. The summed E-state index contributed by atoms with van der Waals surface area (Å²) < 4.78 is 0. The van der Waals surface area contributed by atoms with Crippen molar-refractivity contribution in [2.75, 3.05) is 13.6 Å². The van der Waals surface area contributed by atoms with Gasteiger partial charge in [-0.1, -0.05) is 0 Å². The number of carbonyl (C=O) groups is 2. The highest BCUT2D eigenvalue weighted by Crippen LogP contribution is 2.02. The topological polar surface area (TPSA) is 70.2 Å². The molecule has 1 aliphatic heterocycles. The van der Waals surface area contributed by atoms with E-state index in [1.54, 1.807) is 14.0 Å². The molecule has 0 bridgehead atoms. The molecule has 0 aromatic heterocycles. The summed E-state index contributed by atoms with van der Waals surface area (Å²) in [6.45, 7) is 2.48. The highest BCUT2D eigenvalue weighted by atomic mass is 16.2. The molecule has 3 N–H and O–H groups in total. The predicted octanol–water partition coefficient (Wildman–Crippen LogP) is -1.01. The lowest BCUT2D eigenvalue weighted by atomic mass is 10.1. The Kier molecular flexibility index (Phi) is 3.88. The summed E-state index contributed by atoms with van der Waals surface area (Å²) in [7, 11) is 1.71. The van der Waals surface area contributed by atoms with Gasteiger partial charge in [-0.3, -0.25) is 9.59 Å². The van der Waals surface area contributed by atoms with Crippen molar-refractivity contribution in [3.05, 3.63) is 0 Å². The molecule has 5 heteroatoms. The molecule has 0 radical (unpaired) electrons. The highest BCUT2D eigenvalue weighted by molar-refractivity contribution is 5.89. The van der Waals surface area contributed by atoms with Crippen LogP contribution in [0.3, 0.4) is 0 Å². The summed E-state index contributed by atoms with van der Waals surface area (Å²) in [5, 5.41) is 8.25. The second-order valence-corrected chi connectivity index (χ2v) is 3.50. The summed E-state index contributed by atoms with van der Waals surface area (Å²) in [6.07, 6.45) is 1.65. The van der Waals surface area contributed by atoms with E-state index in [2.05, 4.69) is 16.0 Å². The van der Waals surface area contributed by atoms with Crippen LogP contribution in [0.1, 0.15) is 19.8 Å². The maximum absolute atomic E-state index is 11.4. The van der Waals surface area contributed by atoms with Crippen molar-refractivity contribution < 1.29 is 9.59 Å². The van der Waals surface area contributed by atoms with E-state index in [4.69, 9.17) is 0 Å². The molecule has 1 rings (SSSR count). The number of piperidine rings is 1. The van der Waals surface area contributed by atoms with Gasteiger partial charge in [-0.15, -0.1) is 0 Å². The molecular formula is C9H17N3O2. The van der Waals surface area contributed by atoms with Gasteiger partial charge >= 0.3 is 0 Å². The number of nitrogens with one attached hydrogen (secondary N) is 3. The van der Waals surface area contributed by atoms with E-state index in [1.165, 1.54) is 0 Å². The molecule has 0 aromatic carbocycles. The second kappa shape index (κ2) is 4.95. The summed E-state index contributed by atoms with van der Waals surface area (Å²) in [6, 6.07) is -0.614. The van der Waals surface area contributed by atoms with Crippen molar-refractivity contribution in [3.8, 4) is 0 Å². The fourth-order valence-corrected chi connectivity index (χ4v) is 1.34. The standard InChI is InChI=1S/C9H17N3O2/c1-6(10-2)8(13)12-7-4-3-5-11-9(7)14/h6-7,10H,3-5H2,1-2H3,(H,11,14)(H,12,13)/t6-,7?/m0/s1. The SMILES string of the molecule is CN[C@@H](C)C(=O)NC1CCCNC1=O. The van der Waals surface area contributed by atoms with Gasteiger partial charge in [-0.25, -0.2) is 0 Å². The first-order valence-corrected chi connectivity index (χ1v) is 4.90. The minimum absolute atomic E-state index is 0.0760. The van der Waals surface area contributed by atoms with Crippen LogP contribution in [-0.2, 0) is 9.59 Å². The van der Waals surface area contributed by atoms with Gasteiger partial charge in [0.05, 0.1) is 6.04 Å². The molecule has 0 spiro atoms. The fourth-order valence-electron chi connectivity index (χ4n) is 1.34. The molecule has 0 aromatic rings. The van der Waals surface area contributed by atoms with E-state index in [0.29, 0.717) is 6.54 Å². The Bertz CT molecular complexity index is 230. The lowest BCUT2D eigenvalue weighted by Crippen LogP contribution is -2.53. The van der Waals surface area contributed by atoms with Crippen LogP contribution in [0, 0.1) is 0 Å². The van der Waals surface area contributed by atoms with Gasteiger partial charge < -0.3 is 16.0 Å². The Morgan fingerprint density at radius 2 is 2.36 bits per heavy atom. The summed E-state index contributed by atoms with van der Waals surface area (Å²) in [4.78, 5) is 22.7. The number of rotatable bonds is 3. The number of carbonyl (C=O) groups excluding carboxylic acids is 2. The van der Waals surface area contributed by atoms with E-state index in [1.807, 2.05) is 0 Å². The highest BCUT2D eigenvalue weighted by Gasteiger charge is 2.24. The van der Waals surface area contributed by atoms with Crippen LogP contribution >= 0.6 is 0 Å². The van der Waals surface area contributed by atoms with Gasteiger partial charge in [0.1, 0.15) is 6.04 Å². The van der Waals surface area contributed by atoms with Crippen LogP contribution in [0.4, 0.5) is 0 Å². The monoisotopic (exact) mass is 199 g/mol. The van der Waals surface area contributed by atoms with E-state index in [0.717, 1.165) is 12.8 Å². The molecule has 1 heterocycles. The van der Waals surface area contributed by atoms with Crippen LogP contribution in [-0.4, -0.2) is 37.5 Å². The van der Waals surface area contributed by atoms with Crippen LogP contribution < -0.4 is 16.0 Å². The molecule has 0 aliphatic carbocycles. The predicted molar refractivity (Wildman–Crippen MR) is 52.7 cm³/mol. The molecule has 1 saturated heterocycles. The third-order valence-corrected chi connectivity index (χ3v) is 2.43. The van der Waals surface area contributed by atoms with Crippen molar-refractivity contribution >= 4 is 11.8 Å². The van der Waals surface area contributed by atoms with E-state index >= 15 is 0 Å². The Morgan fingerprint density at radius 3 is 2.93 bits per heavy atom. The zero-order valence-corrected chi connectivity index (χ0v) is 8.59. The Hall–Kier alpha value is -1.10. The lowest BCUT2D eigenvalue weighted by molar-refractivity contribution is -0.130. The van der Waals surface area contributed by atoms with Crippen LogP contribution in [0.25, 0.3) is 0 Å². The maximum Gasteiger partial charge on any atom is 0.242 e. The van der Waals surface area contributed by atoms with Crippen molar-refractivity contribution in [2.24, 2.45) is 0 Å². The quantitative estimate of drug-likeness (QED) is 0.545. The summed E-state index contributed by atoms with van der Waals surface area (Å²) in [5.41, 5.74) is 0. The first kappa shape index (κ1) is 11.0. The average Bonchev–Trinajstić information content (AvgIpc) is 2.20. The molecule has 80 valence electrons. The van der Waals surface area contributed by atoms with Crippen molar-refractivity contribution in [1.29, 1.82) is 0 Å². The molecule has 2 atom stereocenters. The molecule has 2 amide bonds. The van der Waals surface area contributed by atoms with Gasteiger partial charge in [-0.2, -0.15) is 0 Å².